The molecule has 88 valence electrons. The molecule has 0 unspecified atom stereocenters. The number of halogens is 2. The zero-order valence-electron chi connectivity index (χ0n) is 9.03. The molecule has 0 saturated carbocycles. The van der Waals surface area contributed by atoms with Crippen molar-refractivity contribution in [3.8, 4) is 0 Å². The second-order valence-electron chi connectivity index (χ2n) is 3.54. The van der Waals surface area contributed by atoms with Gasteiger partial charge in [0.2, 0.25) is 0 Å². The average Bonchev–Trinajstić information content (AvgIpc) is 2.33. The van der Waals surface area contributed by atoms with Crippen molar-refractivity contribution in [2.45, 2.75) is 13.1 Å². The third kappa shape index (κ3) is 3.66. The first-order valence-corrected chi connectivity index (χ1v) is 5.91. The Kier molecular flexibility index (Phi) is 4.31. The minimum atomic E-state index is 0.648. The monoisotopic (exact) mass is 267 g/mol. The highest BCUT2D eigenvalue weighted by Gasteiger charge is 2.01. The van der Waals surface area contributed by atoms with E-state index >= 15 is 0 Å². The van der Waals surface area contributed by atoms with Crippen LogP contribution in [0.2, 0.25) is 10.0 Å². The molecule has 5 heteroatoms. The molecule has 0 bridgehead atoms. The van der Waals surface area contributed by atoms with E-state index in [1.54, 1.807) is 12.3 Å². The number of hydrogen-bond acceptors (Lipinski definition) is 3. The maximum atomic E-state index is 6.06. The molecular weight excluding hydrogens is 257 g/mol. The van der Waals surface area contributed by atoms with E-state index in [2.05, 4.69) is 15.3 Å². The molecule has 2 aromatic rings. The summed E-state index contributed by atoms with van der Waals surface area (Å²) in [5.41, 5.74) is 1.97. The second kappa shape index (κ2) is 5.96. The molecule has 0 atom stereocenters. The van der Waals surface area contributed by atoms with Gasteiger partial charge in [0.15, 0.2) is 0 Å². The van der Waals surface area contributed by atoms with Gasteiger partial charge in [-0.2, -0.15) is 0 Å². The van der Waals surface area contributed by atoms with Gasteiger partial charge < -0.3 is 5.32 Å². The van der Waals surface area contributed by atoms with E-state index in [-0.39, 0.29) is 0 Å². The zero-order valence-corrected chi connectivity index (χ0v) is 10.5. The molecule has 1 N–H and O–H groups in total. The number of aromatic nitrogens is 2. The summed E-state index contributed by atoms with van der Waals surface area (Å²) in [6, 6.07) is 7.36. The third-order valence-corrected chi connectivity index (χ3v) is 2.87. The Balaban J connectivity index is 1.90. The normalized spacial score (nSPS) is 10.5. The summed E-state index contributed by atoms with van der Waals surface area (Å²) in [6.07, 6.45) is 3.26. The van der Waals surface area contributed by atoms with E-state index in [9.17, 15) is 0 Å². The van der Waals surface area contributed by atoms with Crippen LogP contribution in [-0.4, -0.2) is 9.97 Å². The topological polar surface area (TPSA) is 37.8 Å². The van der Waals surface area contributed by atoms with Crippen LogP contribution in [0.4, 0.5) is 0 Å². The average molecular weight is 268 g/mol. The van der Waals surface area contributed by atoms with Crippen LogP contribution >= 0.6 is 23.2 Å². The fraction of sp³-hybridized carbons (Fsp3) is 0.167. The van der Waals surface area contributed by atoms with E-state index in [1.165, 1.54) is 6.33 Å². The van der Waals surface area contributed by atoms with Crippen molar-refractivity contribution in [2.24, 2.45) is 0 Å². The van der Waals surface area contributed by atoms with Crippen LogP contribution in [0.1, 0.15) is 11.3 Å². The van der Waals surface area contributed by atoms with Gasteiger partial charge in [-0.1, -0.05) is 29.3 Å². The lowest BCUT2D eigenvalue weighted by Crippen LogP contribution is -2.13. The summed E-state index contributed by atoms with van der Waals surface area (Å²) in [4.78, 5) is 7.98. The largest absolute Gasteiger partial charge is 0.307 e. The lowest BCUT2D eigenvalue weighted by atomic mass is 10.2. The van der Waals surface area contributed by atoms with Gasteiger partial charge in [0, 0.05) is 29.3 Å². The smallest absolute Gasteiger partial charge is 0.115 e. The molecule has 2 rings (SSSR count). The Bertz CT molecular complexity index is 488. The maximum absolute atomic E-state index is 6.06. The molecule has 1 aromatic carbocycles. The highest BCUT2D eigenvalue weighted by Crippen LogP contribution is 2.20. The van der Waals surface area contributed by atoms with Gasteiger partial charge in [-0.25, -0.2) is 9.97 Å². The van der Waals surface area contributed by atoms with Crippen LogP contribution < -0.4 is 5.32 Å². The van der Waals surface area contributed by atoms with Gasteiger partial charge in [0.05, 0.1) is 5.69 Å². The lowest BCUT2D eigenvalue weighted by Gasteiger charge is -2.06. The number of benzene rings is 1. The first-order valence-electron chi connectivity index (χ1n) is 5.15. The Morgan fingerprint density at radius 2 is 2.00 bits per heavy atom. The van der Waals surface area contributed by atoms with Crippen molar-refractivity contribution in [3.05, 3.63) is 58.1 Å². The summed E-state index contributed by atoms with van der Waals surface area (Å²) in [5.74, 6) is 0. The van der Waals surface area contributed by atoms with Crippen LogP contribution in [0, 0.1) is 0 Å². The predicted octanol–water partition coefficient (Wildman–Crippen LogP) is 3.07. The van der Waals surface area contributed by atoms with E-state index in [0.717, 1.165) is 11.3 Å². The van der Waals surface area contributed by atoms with Gasteiger partial charge in [-0.3, -0.25) is 0 Å². The molecule has 0 radical (unpaired) electrons. The Hall–Kier alpha value is -1.16. The van der Waals surface area contributed by atoms with E-state index in [4.69, 9.17) is 23.2 Å². The van der Waals surface area contributed by atoms with E-state index in [0.29, 0.717) is 23.1 Å². The minimum Gasteiger partial charge on any atom is -0.307 e. The molecule has 0 amide bonds. The van der Waals surface area contributed by atoms with Gasteiger partial charge in [0.1, 0.15) is 6.33 Å². The van der Waals surface area contributed by atoms with Crippen molar-refractivity contribution >= 4 is 23.2 Å². The highest BCUT2D eigenvalue weighted by atomic mass is 35.5. The molecule has 17 heavy (non-hydrogen) atoms. The first kappa shape index (κ1) is 12.3. The molecule has 0 aliphatic rings. The van der Waals surface area contributed by atoms with Gasteiger partial charge in [-0.15, -0.1) is 0 Å². The molecule has 0 spiro atoms. The SMILES string of the molecule is Clc1ccc(CNCc2ccncn2)c(Cl)c1. The first-order chi connectivity index (χ1) is 8.25. The summed E-state index contributed by atoms with van der Waals surface area (Å²) in [6.45, 7) is 1.36. The summed E-state index contributed by atoms with van der Waals surface area (Å²) >= 11 is 11.9. The van der Waals surface area contributed by atoms with Crippen molar-refractivity contribution in [3.63, 3.8) is 0 Å². The fourth-order valence-electron chi connectivity index (χ4n) is 1.41. The molecule has 1 aromatic heterocycles. The fourth-order valence-corrected chi connectivity index (χ4v) is 1.89. The zero-order chi connectivity index (χ0) is 12.1. The molecular formula is C12H11Cl2N3. The maximum Gasteiger partial charge on any atom is 0.115 e. The summed E-state index contributed by atoms with van der Waals surface area (Å²) in [7, 11) is 0. The number of hydrogen-bond donors (Lipinski definition) is 1. The van der Waals surface area contributed by atoms with Gasteiger partial charge in [0.25, 0.3) is 0 Å². The van der Waals surface area contributed by atoms with Crippen LogP contribution in [0.15, 0.2) is 36.8 Å². The molecule has 0 aliphatic carbocycles. The number of rotatable bonds is 4. The summed E-state index contributed by atoms with van der Waals surface area (Å²) < 4.78 is 0. The Morgan fingerprint density at radius 1 is 1.12 bits per heavy atom. The molecule has 1 heterocycles. The Labute approximate surface area is 110 Å². The predicted molar refractivity (Wildman–Crippen MR) is 69.0 cm³/mol. The lowest BCUT2D eigenvalue weighted by molar-refractivity contribution is 0.678. The third-order valence-electron chi connectivity index (χ3n) is 2.28. The quantitative estimate of drug-likeness (QED) is 0.926. The van der Waals surface area contributed by atoms with Gasteiger partial charge >= 0.3 is 0 Å². The van der Waals surface area contributed by atoms with E-state index in [1.807, 2.05) is 18.2 Å². The van der Waals surface area contributed by atoms with Crippen LogP contribution in [-0.2, 0) is 13.1 Å². The van der Waals surface area contributed by atoms with E-state index < -0.39 is 0 Å². The van der Waals surface area contributed by atoms with Crippen LogP contribution in [0.5, 0.6) is 0 Å². The standard InChI is InChI=1S/C12H11Cl2N3/c13-10-2-1-9(12(14)5-10)6-16-7-11-3-4-15-8-17-11/h1-5,8,16H,6-7H2. The van der Waals surface area contributed by atoms with Crippen molar-refractivity contribution in [2.75, 3.05) is 0 Å². The van der Waals surface area contributed by atoms with Crippen molar-refractivity contribution in [1.82, 2.24) is 15.3 Å². The van der Waals surface area contributed by atoms with Crippen LogP contribution in [0.25, 0.3) is 0 Å². The molecule has 0 aliphatic heterocycles. The highest BCUT2D eigenvalue weighted by molar-refractivity contribution is 6.35. The van der Waals surface area contributed by atoms with Crippen molar-refractivity contribution in [1.29, 1.82) is 0 Å². The Morgan fingerprint density at radius 3 is 2.71 bits per heavy atom. The molecule has 0 saturated heterocycles. The molecule has 3 nitrogen and oxygen atoms in total. The second-order valence-corrected chi connectivity index (χ2v) is 4.38. The summed E-state index contributed by atoms with van der Waals surface area (Å²) in [5, 5.41) is 4.58. The molecule has 0 fully saturated rings. The van der Waals surface area contributed by atoms with Gasteiger partial charge in [-0.05, 0) is 23.8 Å². The number of nitrogens with one attached hydrogen (secondary N) is 1. The number of nitrogens with zero attached hydrogens (tertiary/aromatic N) is 2. The van der Waals surface area contributed by atoms with Crippen molar-refractivity contribution < 1.29 is 0 Å². The van der Waals surface area contributed by atoms with Crippen LogP contribution in [0.3, 0.4) is 0 Å². The minimum absolute atomic E-state index is 0.648.